The number of furan rings is 1. The Labute approximate surface area is 109 Å². The number of nitrogen functional groups attached to an aromatic ring is 1. The Morgan fingerprint density at radius 2 is 2.11 bits per heavy atom. The number of hydrogen-bond acceptors (Lipinski definition) is 4. The SMILES string of the molecule is CCn1ccn(Cc2cc(C(=O)NN)c(C)o2)c1=O. The summed E-state index contributed by atoms with van der Waals surface area (Å²) in [7, 11) is 0. The number of aromatic nitrogens is 2. The third-order valence-electron chi connectivity index (χ3n) is 2.93. The normalized spacial score (nSPS) is 10.7. The molecule has 2 aromatic heterocycles. The average molecular weight is 264 g/mol. The first-order valence-corrected chi connectivity index (χ1v) is 5.92. The lowest BCUT2D eigenvalue weighted by molar-refractivity contribution is 0.0952. The van der Waals surface area contributed by atoms with Crippen molar-refractivity contribution < 1.29 is 9.21 Å². The molecule has 0 radical (unpaired) electrons. The highest BCUT2D eigenvalue weighted by Crippen LogP contribution is 2.15. The van der Waals surface area contributed by atoms with Crippen LogP contribution in [0.25, 0.3) is 0 Å². The molecule has 0 aliphatic carbocycles. The number of imidazole rings is 1. The largest absolute Gasteiger partial charge is 0.464 e. The first-order valence-electron chi connectivity index (χ1n) is 5.92. The number of amides is 1. The van der Waals surface area contributed by atoms with Crippen molar-refractivity contribution in [3.05, 3.63) is 46.0 Å². The first-order chi connectivity index (χ1) is 9.06. The van der Waals surface area contributed by atoms with E-state index >= 15 is 0 Å². The molecule has 0 spiro atoms. The van der Waals surface area contributed by atoms with Crippen molar-refractivity contribution in [3.63, 3.8) is 0 Å². The number of rotatable bonds is 4. The van der Waals surface area contributed by atoms with Crippen LogP contribution in [-0.2, 0) is 13.1 Å². The quantitative estimate of drug-likeness (QED) is 0.469. The first kappa shape index (κ1) is 13.2. The Morgan fingerprint density at radius 3 is 2.68 bits per heavy atom. The summed E-state index contributed by atoms with van der Waals surface area (Å²) in [5, 5.41) is 0. The summed E-state index contributed by atoms with van der Waals surface area (Å²) >= 11 is 0. The second-order valence-corrected chi connectivity index (χ2v) is 4.15. The van der Waals surface area contributed by atoms with Gasteiger partial charge in [0.25, 0.3) is 5.91 Å². The maximum atomic E-state index is 11.9. The van der Waals surface area contributed by atoms with Gasteiger partial charge in [-0.25, -0.2) is 10.6 Å². The van der Waals surface area contributed by atoms with Gasteiger partial charge in [-0.1, -0.05) is 0 Å². The number of nitrogens with zero attached hydrogens (tertiary/aromatic N) is 2. The minimum absolute atomic E-state index is 0.110. The monoisotopic (exact) mass is 264 g/mol. The summed E-state index contributed by atoms with van der Waals surface area (Å²) in [4.78, 5) is 23.3. The van der Waals surface area contributed by atoms with Crippen LogP contribution in [0.2, 0.25) is 0 Å². The number of nitrogens with one attached hydrogen (secondary N) is 1. The fourth-order valence-corrected chi connectivity index (χ4v) is 1.91. The second kappa shape index (κ2) is 5.15. The van der Waals surface area contributed by atoms with E-state index in [0.29, 0.717) is 23.6 Å². The molecule has 7 nitrogen and oxygen atoms in total. The number of carbonyl (C=O) groups excluding carboxylic acids is 1. The van der Waals surface area contributed by atoms with E-state index in [1.165, 1.54) is 4.57 Å². The number of nitrogens with two attached hydrogens (primary N) is 1. The van der Waals surface area contributed by atoms with Gasteiger partial charge in [0.15, 0.2) is 0 Å². The van der Waals surface area contributed by atoms with Crippen LogP contribution in [0.5, 0.6) is 0 Å². The molecule has 0 aromatic carbocycles. The molecule has 0 bridgehead atoms. The molecule has 0 atom stereocenters. The summed E-state index contributed by atoms with van der Waals surface area (Å²) in [6, 6.07) is 1.59. The highest BCUT2D eigenvalue weighted by atomic mass is 16.3. The molecule has 2 heterocycles. The Hall–Kier alpha value is -2.28. The predicted octanol–water partition coefficient (Wildman–Crippen LogP) is 0.223. The van der Waals surface area contributed by atoms with Crippen LogP contribution in [0.3, 0.4) is 0 Å². The zero-order chi connectivity index (χ0) is 14.0. The van der Waals surface area contributed by atoms with Crippen LogP contribution in [0, 0.1) is 6.92 Å². The van der Waals surface area contributed by atoms with E-state index in [-0.39, 0.29) is 12.2 Å². The van der Waals surface area contributed by atoms with Gasteiger partial charge >= 0.3 is 5.69 Å². The molecular formula is C12H16N4O3. The molecule has 0 aliphatic heterocycles. The number of aryl methyl sites for hydroxylation is 2. The van der Waals surface area contributed by atoms with E-state index in [1.54, 1.807) is 30.0 Å². The molecule has 0 aliphatic rings. The van der Waals surface area contributed by atoms with Gasteiger partial charge in [-0.3, -0.25) is 19.4 Å². The van der Waals surface area contributed by atoms with Crippen molar-refractivity contribution in [2.24, 2.45) is 5.84 Å². The lowest BCUT2D eigenvalue weighted by Gasteiger charge is -1.97. The summed E-state index contributed by atoms with van der Waals surface area (Å²) in [5.74, 6) is 5.68. The molecular weight excluding hydrogens is 248 g/mol. The molecule has 102 valence electrons. The third kappa shape index (κ3) is 2.45. The van der Waals surface area contributed by atoms with Crippen molar-refractivity contribution >= 4 is 5.91 Å². The minimum Gasteiger partial charge on any atom is -0.464 e. The molecule has 7 heteroatoms. The van der Waals surface area contributed by atoms with Gasteiger partial charge < -0.3 is 4.42 Å². The summed E-state index contributed by atoms with van der Waals surface area (Å²) in [6.45, 7) is 4.47. The van der Waals surface area contributed by atoms with Crippen LogP contribution >= 0.6 is 0 Å². The third-order valence-corrected chi connectivity index (χ3v) is 2.93. The Bertz CT molecular complexity index is 650. The maximum absolute atomic E-state index is 11.9. The van der Waals surface area contributed by atoms with Gasteiger partial charge in [-0.15, -0.1) is 0 Å². The van der Waals surface area contributed by atoms with Crippen LogP contribution in [-0.4, -0.2) is 15.0 Å². The van der Waals surface area contributed by atoms with Gasteiger partial charge in [0.2, 0.25) is 0 Å². The van der Waals surface area contributed by atoms with Crippen LogP contribution in [0.15, 0.2) is 27.7 Å². The Kier molecular flexibility index (Phi) is 3.57. The van der Waals surface area contributed by atoms with Crippen molar-refractivity contribution in [2.45, 2.75) is 26.9 Å². The van der Waals surface area contributed by atoms with Gasteiger partial charge in [0.1, 0.15) is 11.5 Å². The summed E-state index contributed by atoms with van der Waals surface area (Å²) in [6.07, 6.45) is 3.40. The van der Waals surface area contributed by atoms with Gasteiger partial charge in [-0.05, 0) is 19.9 Å². The van der Waals surface area contributed by atoms with E-state index in [9.17, 15) is 9.59 Å². The lowest BCUT2D eigenvalue weighted by atomic mass is 10.2. The van der Waals surface area contributed by atoms with Crippen LogP contribution in [0.1, 0.15) is 28.8 Å². The van der Waals surface area contributed by atoms with Crippen LogP contribution < -0.4 is 17.0 Å². The van der Waals surface area contributed by atoms with Gasteiger partial charge in [0, 0.05) is 18.9 Å². The van der Waals surface area contributed by atoms with E-state index in [0.717, 1.165) is 0 Å². The molecule has 2 rings (SSSR count). The standard InChI is InChI=1S/C12H16N4O3/c1-3-15-4-5-16(12(15)18)7-9-6-10(8(2)19-9)11(17)14-13/h4-6H,3,7,13H2,1-2H3,(H,14,17). The van der Waals surface area contributed by atoms with Crippen LogP contribution in [0.4, 0.5) is 0 Å². The Balaban J connectivity index is 2.26. The van der Waals surface area contributed by atoms with E-state index in [2.05, 4.69) is 5.43 Å². The topological polar surface area (TPSA) is 95.2 Å². The van der Waals surface area contributed by atoms with E-state index in [1.807, 2.05) is 6.92 Å². The average Bonchev–Trinajstić information content (AvgIpc) is 2.93. The number of hydrazine groups is 1. The van der Waals surface area contributed by atoms with Crippen molar-refractivity contribution in [3.8, 4) is 0 Å². The van der Waals surface area contributed by atoms with E-state index in [4.69, 9.17) is 10.3 Å². The summed E-state index contributed by atoms with van der Waals surface area (Å²) < 4.78 is 8.56. The van der Waals surface area contributed by atoms with Crippen molar-refractivity contribution in [1.29, 1.82) is 0 Å². The smallest absolute Gasteiger partial charge is 0.328 e. The maximum Gasteiger partial charge on any atom is 0.328 e. The highest BCUT2D eigenvalue weighted by Gasteiger charge is 2.14. The zero-order valence-corrected chi connectivity index (χ0v) is 10.8. The fraction of sp³-hybridized carbons (Fsp3) is 0.333. The molecule has 0 saturated carbocycles. The van der Waals surface area contributed by atoms with Gasteiger partial charge in [0.05, 0.1) is 12.1 Å². The Morgan fingerprint density at radius 1 is 1.42 bits per heavy atom. The molecule has 19 heavy (non-hydrogen) atoms. The molecule has 0 fully saturated rings. The van der Waals surface area contributed by atoms with E-state index < -0.39 is 5.91 Å². The fourth-order valence-electron chi connectivity index (χ4n) is 1.91. The summed E-state index contributed by atoms with van der Waals surface area (Å²) in [5.41, 5.74) is 2.32. The van der Waals surface area contributed by atoms with Gasteiger partial charge in [-0.2, -0.15) is 0 Å². The highest BCUT2D eigenvalue weighted by molar-refractivity contribution is 5.94. The number of carbonyl (C=O) groups is 1. The zero-order valence-electron chi connectivity index (χ0n) is 10.8. The molecule has 2 aromatic rings. The minimum atomic E-state index is -0.411. The number of hydrogen-bond donors (Lipinski definition) is 2. The van der Waals surface area contributed by atoms with Crippen molar-refractivity contribution in [1.82, 2.24) is 14.6 Å². The lowest BCUT2D eigenvalue weighted by Crippen LogP contribution is -2.30. The second-order valence-electron chi connectivity index (χ2n) is 4.15. The predicted molar refractivity (Wildman–Crippen MR) is 68.6 cm³/mol. The molecule has 0 saturated heterocycles. The van der Waals surface area contributed by atoms with Crippen molar-refractivity contribution in [2.75, 3.05) is 0 Å². The molecule has 0 unspecified atom stereocenters. The molecule has 1 amide bonds. The molecule has 3 N–H and O–H groups in total.